The number of halogens is 2. The van der Waals surface area contributed by atoms with Gasteiger partial charge in [0.15, 0.2) is 0 Å². The Morgan fingerprint density at radius 1 is 1.24 bits per heavy atom. The fourth-order valence-corrected chi connectivity index (χ4v) is 3.51. The summed E-state index contributed by atoms with van der Waals surface area (Å²) >= 11 is 12.2. The molecule has 1 fully saturated rings. The summed E-state index contributed by atoms with van der Waals surface area (Å²) in [6.45, 7) is 2.93. The molecule has 6 nitrogen and oxygen atoms in total. The van der Waals surface area contributed by atoms with E-state index in [0.717, 1.165) is 0 Å². The molecule has 132 valence electrons. The van der Waals surface area contributed by atoms with E-state index in [1.54, 1.807) is 24.3 Å². The SMILES string of the molecule is CC1CC(C(=O)O)CN(c2cnn(-c3ccc(Cl)cc3)c(=O)c2Cl)C1. The van der Waals surface area contributed by atoms with Crippen molar-refractivity contribution < 1.29 is 9.90 Å². The number of hydrogen-bond acceptors (Lipinski definition) is 4. The van der Waals surface area contributed by atoms with E-state index in [1.807, 2.05) is 11.8 Å². The molecule has 2 heterocycles. The average molecular weight is 382 g/mol. The molecule has 0 radical (unpaired) electrons. The van der Waals surface area contributed by atoms with Gasteiger partial charge in [0.1, 0.15) is 5.02 Å². The zero-order valence-electron chi connectivity index (χ0n) is 13.5. The normalized spacial score (nSPS) is 20.5. The largest absolute Gasteiger partial charge is 0.481 e. The fraction of sp³-hybridized carbons (Fsp3) is 0.353. The molecule has 3 rings (SSSR count). The van der Waals surface area contributed by atoms with Crippen molar-refractivity contribution in [2.45, 2.75) is 13.3 Å². The van der Waals surface area contributed by atoms with Crippen LogP contribution in [0.5, 0.6) is 0 Å². The second kappa shape index (κ2) is 7.06. The third kappa shape index (κ3) is 3.65. The van der Waals surface area contributed by atoms with Crippen LogP contribution in [0.15, 0.2) is 35.3 Å². The van der Waals surface area contributed by atoms with Gasteiger partial charge in [-0.05, 0) is 36.6 Å². The number of benzene rings is 1. The van der Waals surface area contributed by atoms with Gasteiger partial charge in [0.2, 0.25) is 0 Å². The number of hydrogen-bond donors (Lipinski definition) is 1. The topological polar surface area (TPSA) is 75.4 Å². The summed E-state index contributed by atoms with van der Waals surface area (Å²) in [5.74, 6) is -1.14. The first-order valence-corrected chi connectivity index (χ1v) is 8.64. The first-order chi connectivity index (χ1) is 11.9. The minimum atomic E-state index is -0.838. The minimum absolute atomic E-state index is 0.0307. The van der Waals surface area contributed by atoms with Crippen LogP contribution in [-0.4, -0.2) is 33.9 Å². The van der Waals surface area contributed by atoms with E-state index in [1.165, 1.54) is 10.9 Å². The summed E-state index contributed by atoms with van der Waals surface area (Å²) in [5, 5.41) is 14.1. The van der Waals surface area contributed by atoms with E-state index in [2.05, 4.69) is 5.10 Å². The third-order valence-electron chi connectivity index (χ3n) is 4.32. The molecule has 2 aromatic rings. The Kier molecular flexibility index (Phi) is 5.01. The molecule has 1 aliphatic rings. The number of anilines is 1. The van der Waals surface area contributed by atoms with Crippen LogP contribution in [0.1, 0.15) is 13.3 Å². The minimum Gasteiger partial charge on any atom is -0.481 e. The molecule has 0 amide bonds. The number of nitrogens with zero attached hydrogens (tertiary/aromatic N) is 3. The van der Waals surface area contributed by atoms with Gasteiger partial charge in [-0.25, -0.2) is 0 Å². The maximum atomic E-state index is 12.6. The maximum absolute atomic E-state index is 12.6. The predicted octanol–water partition coefficient (Wildman–Crippen LogP) is 3.09. The standard InChI is InChI=1S/C17H17Cl2N3O3/c1-10-6-11(17(24)25)9-21(8-10)14-7-20-22(16(23)15(14)19)13-4-2-12(18)3-5-13/h2-5,7,10-11H,6,8-9H2,1H3,(H,24,25). The van der Waals surface area contributed by atoms with E-state index in [9.17, 15) is 14.7 Å². The molecular formula is C17H17Cl2N3O3. The lowest BCUT2D eigenvalue weighted by Gasteiger charge is -2.36. The zero-order valence-corrected chi connectivity index (χ0v) is 15.0. The monoisotopic (exact) mass is 381 g/mol. The molecule has 1 saturated heterocycles. The molecule has 0 saturated carbocycles. The molecule has 1 aromatic heterocycles. The van der Waals surface area contributed by atoms with Crippen LogP contribution in [0.3, 0.4) is 0 Å². The molecule has 1 N–H and O–H groups in total. The number of aromatic nitrogens is 2. The predicted molar refractivity (Wildman–Crippen MR) is 97.0 cm³/mol. The summed E-state index contributed by atoms with van der Waals surface area (Å²) in [6.07, 6.45) is 2.12. The van der Waals surface area contributed by atoms with Crippen LogP contribution in [0, 0.1) is 11.8 Å². The van der Waals surface area contributed by atoms with Gasteiger partial charge in [0.25, 0.3) is 5.56 Å². The quantitative estimate of drug-likeness (QED) is 0.883. The molecule has 1 aromatic carbocycles. The Balaban J connectivity index is 1.96. The zero-order chi connectivity index (χ0) is 18.1. The van der Waals surface area contributed by atoms with Gasteiger partial charge >= 0.3 is 5.97 Å². The Hall–Kier alpha value is -2.05. The van der Waals surface area contributed by atoms with Gasteiger partial charge in [-0.3, -0.25) is 9.59 Å². The lowest BCUT2D eigenvalue weighted by Crippen LogP contribution is -2.43. The summed E-state index contributed by atoms with van der Waals surface area (Å²) in [4.78, 5) is 25.8. The second-order valence-corrected chi connectivity index (χ2v) is 7.13. The molecule has 25 heavy (non-hydrogen) atoms. The highest BCUT2D eigenvalue weighted by atomic mass is 35.5. The first-order valence-electron chi connectivity index (χ1n) is 7.88. The summed E-state index contributed by atoms with van der Waals surface area (Å²) in [7, 11) is 0. The Labute approximate surface area is 154 Å². The van der Waals surface area contributed by atoms with Crippen molar-refractivity contribution in [3.8, 4) is 5.69 Å². The number of piperidine rings is 1. The van der Waals surface area contributed by atoms with E-state index in [4.69, 9.17) is 23.2 Å². The van der Waals surface area contributed by atoms with Gasteiger partial charge in [0.05, 0.1) is 23.5 Å². The van der Waals surface area contributed by atoms with E-state index in [0.29, 0.717) is 35.9 Å². The van der Waals surface area contributed by atoms with E-state index < -0.39 is 17.4 Å². The smallest absolute Gasteiger partial charge is 0.308 e. The van der Waals surface area contributed by atoms with Gasteiger partial charge in [0, 0.05) is 18.1 Å². The third-order valence-corrected chi connectivity index (χ3v) is 4.93. The van der Waals surface area contributed by atoms with Crippen LogP contribution in [0.2, 0.25) is 10.0 Å². The fourth-order valence-electron chi connectivity index (χ4n) is 3.14. The lowest BCUT2D eigenvalue weighted by atomic mass is 9.90. The maximum Gasteiger partial charge on any atom is 0.308 e. The highest BCUT2D eigenvalue weighted by Crippen LogP contribution is 2.29. The number of carbonyl (C=O) groups is 1. The lowest BCUT2D eigenvalue weighted by molar-refractivity contribution is -0.142. The van der Waals surface area contributed by atoms with Crippen molar-refractivity contribution in [1.29, 1.82) is 0 Å². The Morgan fingerprint density at radius 3 is 2.56 bits per heavy atom. The number of carboxylic acids is 1. The van der Waals surface area contributed by atoms with Crippen LogP contribution < -0.4 is 10.5 Å². The van der Waals surface area contributed by atoms with E-state index >= 15 is 0 Å². The van der Waals surface area contributed by atoms with Crippen LogP contribution in [0.4, 0.5) is 5.69 Å². The molecule has 0 spiro atoms. The summed E-state index contributed by atoms with van der Waals surface area (Å²) in [5.41, 5.74) is 0.569. The molecule has 0 aliphatic carbocycles. The second-order valence-electron chi connectivity index (χ2n) is 6.32. The molecule has 2 atom stereocenters. The molecule has 0 bridgehead atoms. The van der Waals surface area contributed by atoms with Gasteiger partial charge < -0.3 is 10.0 Å². The highest BCUT2D eigenvalue weighted by molar-refractivity contribution is 6.33. The van der Waals surface area contributed by atoms with Crippen molar-refractivity contribution in [3.05, 3.63) is 50.9 Å². The van der Waals surface area contributed by atoms with Gasteiger partial charge in [-0.1, -0.05) is 30.1 Å². The van der Waals surface area contributed by atoms with Gasteiger partial charge in [-0.15, -0.1) is 0 Å². The van der Waals surface area contributed by atoms with Crippen LogP contribution in [0.25, 0.3) is 5.69 Å². The first kappa shape index (κ1) is 17.8. The van der Waals surface area contributed by atoms with Crippen molar-refractivity contribution >= 4 is 34.9 Å². The average Bonchev–Trinajstić information content (AvgIpc) is 2.57. The van der Waals surface area contributed by atoms with Crippen molar-refractivity contribution in [2.75, 3.05) is 18.0 Å². The number of carboxylic acid groups (broad SMARTS) is 1. The van der Waals surface area contributed by atoms with Crippen molar-refractivity contribution in [3.63, 3.8) is 0 Å². The van der Waals surface area contributed by atoms with E-state index in [-0.39, 0.29) is 10.9 Å². The van der Waals surface area contributed by atoms with Crippen LogP contribution in [-0.2, 0) is 4.79 Å². The highest BCUT2D eigenvalue weighted by Gasteiger charge is 2.31. The Morgan fingerprint density at radius 2 is 1.92 bits per heavy atom. The molecule has 8 heteroatoms. The molecule has 1 aliphatic heterocycles. The molecular weight excluding hydrogens is 365 g/mol. The Bertz CT molecular complexity index is 851. The van der Waals surface area contributed by atoms with Crippen LogP contribution >= 0.6 is 23.2 Å². The van der Waals surface area contributed by atoms with Crippen molar-refractivity contribution in [1.82, 2.24) is 9.78 Å². The summed E-state index contributed by atoms with van der Waals surface area (Å²) < 4.78 is 1.20. The van der Waals surface area contributed by atoms with Crippen molar-refractivity contribution in [2.24, 2.45) is 11.8 Å². The van der Waals surface area contributed by atoms with Gasteiger partial charge in [-0.2, -0.15) is 9.78 Å². The number of rotatable bonds is 3. The summed E-state index contributed by atoms with van der Waals surface area (Å²) in [6, 6.07) is 6.68. The number of aliphatic carboxylic acids is 1. The molecule has 2 unspecified atom stereocenters.